The van der Waals surface area contributed by atoms with Gasteiger partial charge in [-0.15, -0.1) is 0 Å². The van der Waals surface area contributed by atoms with Gasteiger partial charge in [-0.25, -0.2) is 4.79 Å². The van der Waals surface area contributed by atoms with E-state index in [9.17, 15) is 4.79 Å². The van der Waals surface area contributed by atoms with Crippen LogP contribution in [0.1, 0.15) is 41.3 Å². The molecule has 1 aliphatic rings. The van der Waals surface area contributed by atoms with Crippen molar-refractivity contribution >= 4 is 5.97 Å². The van der Waals surface area contributed by atoms with Crippen molar-refractivity contribution in [2.24, 2.45) is 0 Å². The largest absolute Gasteiger partial charge is 0.457 e. The number of benzene rings is 2. The van der Waals surface area contributed by atoms with Gasteiger partial charge in [0.2, 0.25) is 0 Å². The normalized spacial score (nSPS) is 13.2. The zero-order valence-corrected chi connectivity index (χ0v) is 11.7. The molecular weight excluding hydrogens is 248 g/mol. The van der Waals surface area contributed by atoms with Crippen LogP contribution >= 0.6 is 0 Å². The fourth-order valence-electron chi connectivity index (χ4n) is 2.72. The number of hydrogen-bond donors (Lipinski definition) is 0. The molecule has 1 aliphatic heterocycles. The number of unbranched alkanes of at least 4 members (excludes halogenated alkanes) is 1. The number of esters is 1. The lowest BCUT2D eigenvalue weighted by Gasteiger charge is -2.09. The minimum atomic E-state index is -0.161. The fourth-order valence-corrected chi connectivity index (χ4v) is 2.72. The Hall–Kier alpha value is -2.09. The third-order valence-electron chi connectivity index (χ3n) is 3.77. The molecule has 0 aliphatic carbocycles. The topological polar surface area (TPSA) is 26.3 Å². The first-order valence-corrected chi connectivity index (χ1v) is 7.18. The van der Waals surface area contributed by atoms with Crippen LogP contribution in [0.5, 0.6) is 0 Å². The number of hydrogen-bond acceptors (Lipinski definition) is 2. The number of aryl methyl sites for hydroxylation is 1. The summed E-state index contributed by atoms with van der Waals surface area (Å²) in [6.45, 7) is 2.58. The van der Waals surface area contributed by atoms with Gasteiger partial charge in [-0.1, -0.05) is 49.7 Å². The quantitative estimate of drug-likeness (QED) is 0.768. The predicted molar refractivity (Wildman–Crippen MR) is 79.6 cm³/mol. The molecule has 0 fully saturated rings. The SMILES string of the molecule is CCCCc1cc(-c2ccccc2)cc2c1C(=O)OC2. The third kappa shape index (κ3) is 2.34. The number of rotatable bonds is 4. The van der Waals surface area contributed by atoms with Crippen LogP contribution in [-0.2, 0) is 17.8 Å². The highest BCUT2D eigenvalue weighted by Gasteiger charge is 2.25. The lowest BCUT2D eigenvalue weighted by molar-refractivity contribution is 0.0534. The van der Waals surface area contributed by atoms with Crippen LogP contribution in [0.2, 0.25) is 0 Å². The van der Waals surface area contributed by atoms with Gasteiger partial charge in [0, 0.05) is 5.56 Å². The molecule has 1 heterocycles. The van der Waals surface area contributed by atoms with Gasteiger partial charge in [-0.3, -0.25) is 0 Å². The van der Waals surface area contributed by atoms with E-state index in [2.05, 4.69) is 31.2 Å². The number of carbonyl (C=O) groups excluding carboxylic acids is 1. The van der Waals surface area contributed by atoms with E-state index < -0.39 is 0 Å². The van der Waals surface area contributed by atoms with Crippen molar-refractivity contribution < 1.29 is 9.53 Å². The van der Waals surface area contributed by atoms with E-state index in [1.165, 1.54) is 11.1 Å². The second-order valence-electron chi connectivity index (χ2n) is 5.22. The molecule has 20 heavy (non-hydrogen) atoms. The average Bonchev–Trinajstić information content (AvgIpc) is 2.87. The van der Waals surface area contributed by atoms with E-state index in [1.807, 2.05) is 18.2 Å². The molecule has 0 amide bonds. The molecule has 0 N–H and O–H groups in total. The molecule has 0 aromatic heterocycles. The summed E-state index contributed by atoms with van der Waals surface area (Å²) in [7, 11) is 0. The van der Waals surface area contributed by atoms with E-state index in [4.69, 9.17) is 4.74 Å². The van der Waals surface area contributed by atoms with Gasteiger partial charge in [0.05, 0.1) is 5.56 Å². The highest BCUT2D eigenvalue weighted by atomic mass is 16.5. The minimum Gasteiger partial charge on any atom is -0.457 e. The highest BCUT2D eigenvalue weighted by Crippen LogP contribution is 2.31. The van der Waals surface area contributed by atoms with Crippen LogP contribution < -0.4 is 0 Å². The summed E-state index contributed by atoms with van der Waals surface area (Å²) in [5.41, 5.74) is 5.33. The Labute approximate surface area is 119 Å². The molecule has 2 heteroatoms. The van der Waals surface area contributed by atoms with E-state index in [0.29, 0.717) is 6.61 Å². The van der Waals surface area contributed by atoms with Gasteiger partial charge in [0.25, 0.3) is 0 Å². The fraction of sp³-hybridized carbons (Fsp3) is 0.278. The molecule has 102 valence electrons. The minimum absolute atomic E-state index is 0.161. The Kier molecular flexibility index (Phi) is 3.55. The van der Waals surface area contributed by atoms with Crippen molar-refractivity contribution in [3.8, 4) is 11.1 Å². The van der Waals surface area contributed by atoms with E-state index in [1.54, 1.807) is 0 Å². The molecule has 0 atom stereocenters. The van der Waals surface area contributed by atoms with Gasteiger partial charge >= 0.3 is 5.97 Å². The second kappa shape index (κ2) is 5.49. The Bertz CT molecular complexity index is 629. The zero-order chi connectivity index (χ0) is 13.9. The van der Waals surface area contributed by atoms with Crippen molar-refractivity contribution in [2.75, 3.05) is 0 Å². The Morgan fingerprint density at radius 1 is 1.10 bits per heavy atom. The maximum Gasteiger partial charge on any atom is 0.339 e. The van der Waals surface area contributed by atoms with Crippen molar-refractivity contribution in [1.29, 1.82) is 0 Å². The molecule has 0 radical (unpaired) electrons. The van der Waals surface area contributed by atoms with Crippen molar-refractivity contribution in [1.82, 2.24) is 0 Å². The Balaban J connectivity index is 2.08. The lowest BCUT2D eigenvalue weighted by Crippen LogP contribution is -2.01. The summed E-state index contributed by atoms with van der Waals surface area (Å²) in [4.78, 5) is 11.9. The van der Waals surface area contributed by atoms with E-state index >= 15 is 0 Å². The molecule has 2 nitrogen and oxygen atoms in total. The summed E-state index contributed by atoms with van der Waals surface area (Å²) in [5.74, 6) is -0.161. The van der Waals surface area contributed by atoms with Crippen molar-refractivity contribution in [3.05, 3.63) is 59.2 Å². The maximum atomic E-state index is 11.9. The molecular formula is C18H18O2. The monoisotopic (exact) mass is 266 g/mol. The van der Waals surface area contributed by atoms with E-state index in [0.717, 1.165) is 36.0 Å². The van der Waals surface area contributed by atoms with Crippen LogP contribution in [0, 0.1) is 0 Å². The molecule has 2 aromatic rings. The third-order valence-corrected chi connectivity index (χ3v) is 3.77. The zero-order valence-electron chi connectivity index (χ0n) is 11.7. The first-order chi connectivity index (χ1) is 9.79. The molecule has 3 rings (SSSR count). The van der Waals surface area contributed by atoms with Gasteiger partial charge < -0.3 is 4.74 Å². The Morgan fingerprint density at radius 2 is 1.90 bits per heavy atom. The Morgan fingerprint density at radius 3 is 2.65 bits per heavy atom. The molecule has 0 saturated carbocycles. The second-order valence-corrected chi connectivity index (χ2v) is 5.22. The highest BCUT2D eigenvalue weighted by molar-refractivity contribution is 5.96. The summed E-state index contributed by atoms with van der Waals surface area (Å²) in [5, 5.41) is 0. The van der Waals surface area contributed by atoms with Crippen LogP contribution in [0.15, 0.2) is 42.5 Å². The molecule has 2 aromatic carbocycles. The predicted octanol–water partition coefficient (Wildman–Crippen LogP) is 4.37. The summed E-state index contributed by atoms with van der Waals surface area (Å²) >= 11 is 0. The number of carbonyl (C=O) groups is 1. The van der Waals surface area contributed by atoms with Crippen LogP contribution in [0.3, 0.4) is 0 Å². The van der Waals surface area contributed by atoms with Gasteiger partial charge in [-0.2, -0.15) is 0 Å². The number of ether oxygens (including phenoxy) is 1. The average molecular weight is 266 g/mol. The smallest absolute Gasteiger partial charge is 0.339 e. The molecule has 0 unspecified atom stereocenters. The van der Waals surface area contributed by atoms with Crippen molar-refractivity contribution in [2.45, 2.75) is 32.8 Å². The van der Waals surface area contributed by atoms with E-state index in [-0.39, 0.29) is 5.97 Å². The van der Waals surface area contributed by atoms with Crippen LogP contribution in [0.4, 0.5) is 0 Å². The summed E-state index contributed by atoms with van der Waals surface area (Å²) < 4.78 is 5.20. The van der Waals surface area contributed by atoms with Crippen LogP contribution in [0.25, 0.3) is 11.1 Å². The lowest BCUT2D eigenvalue weighted by atomic mass is 9.93. The van der Waals surface area contributed by atoms with Crippen LogP contribution in [-0.4, -0.2) is 5.97 Å². The maximum absolute atomic E-state index is 11.9. The molecule has 0 saturated heterocycles. The van der Waals surface area contributed by atoms with Gasteiger partial charge in [0.1, 0.15) is 6.61 Å². The summed E-state index contributed by atoms with van der Waals surface area (Å²) in [6, 6.07) is 14.5. The molecule has 0 spiro atoms. The number of fused-ring (bicyclic) bond motifs is 1. The standard InChI is InChI=1S/C18H18O2/c1-2-3-7-14-10-15(13-8-5-4-6-9-13)11-16-12-20-18(19)17(14)16/h4-6,8-11H,2-3,7,12H2,1H3. The number of cyclic esters (lactones) is 1. The first-order valence-electron chi connectivity index (χ1n) is 7.18. The first kappa shape index (κ1) is 12.9. The van der Waals surface area contributed by atoms with Gasteiger partial charge in [0.15, 0.2) is 0 Å². The van der Waals surface area contributed by atoms with Crippen molar-refractivity contribution in [3.63, 3.8) is 0 Å². The molecule has 0 bridgehead atoms. The van der Waals surface area contributed by atoms with Gasteiger partial charge in [-0.05, 0) is 35.6 Å². The summed E-state index contributed by atoms with van der Waals surface area (Å²) in [6.07, 6.45) is 3.16.